The van der Waals surface area contributed by atoms with Crippen molar-refractivity contribution >= 4 is 29.7 Å². The number of nitrogens with one attached hydrogen (secondary N) is 3. The summed E-state index contributed by atoms with van der Waals surface area (Å²) < 4.78 is 0. The van der Waals surface area contributed by atoms with Crippen LogP contribution in [0.4, 0.5) is 0 Å². The number of carbonyl (C=O) groups is 4. The molecule has 0 spiro atoms. The second-order valence-corrected chi connectivity index (χ2v) is 9.54. The Kier molecular flexibility index (Phi) is 13.8. The van der Waals surface area contributed by atoms with Crippen LogP contribution in [0.2, 0.25) is 0 Å². The van der Waals surface area contributed by atoms with E-state index in [9.17, 15) is 24.3 Å². The lowest BCUT2D eigenvalue weighted by atomic mass is 9.98. The zero-order valence-corrected chi connectivity index (χ0v) is 21.1. The lowest BCUT2D eigenvalue weighted by Crippen LogP contribution is -2.59. The summed E-state index contributed by atoms with van der Waals surface area (Å²) in [6.07, 6.45) is 0.730. The minimum Gasteiger partial charge on any atom is -0.480 e. The third kappa shape index (κ3) is 11.8. The topological polar surface area (TPSA) is 215 Å². The maximum atomic E-state index is 13.0. The number of carboxylic acid groups (broad SMARTS) is 1. The fourth-order valence-electron chi connectivity index (χ4n) is 3.08. The molecule has 0 radical (unpaired) electrons. The van der Waals surface area contributed by atoms with Crippen molar-refractivity contribution in [3.63, 3.8) is 0 Å². The third-order valence-electron chi connectivity index (χ3n) is 5.17. The van der Waals surface area contributed by atoms with Crippen molar-refractivity contribution in [1.29, 1.82) is 0 Å². The molecule has 12 nitrogen and oxygen atoms in total. The molecule has 0 aliphatic rings. The van der Waals surface area contributed by atoms with Crippen LogP contribution in [0.15, 0.2) is 4.99 Å². The molecule has 0 aliphatic heterocycles. The Morgan fingerprint density at radius 2 is 1.38 bits per heavy atom. The number of hydrogen-bond donors (Lipinski definition) is 7. The lowest BCUT2D eigenvalue weighted by Gasteiger charge is -2.28. The molecule has 4 atom stereocenters. The van der Waals surface area contributed by atoms with Gasteiger partial charge >= 0.3 is 5.97 Å². The van der Waals surface area contributed by atoms with Gasteiger partial charge in [-0.2, -0.15) is 0 Å². The van der Waals surface area contributed by atoms with Gasteiger partial charge in [0.05, 0.1) is 6.04 Å². The fraction of sp³-hybridized carbons (Fsp3) is 0.773. The van der Waals surface area contributed by atoms with Crippen molar-refractivity contribution in [2.45, 2.75) is 85.0 Å². The predicted octanol–water partition coefficient (Wildman–Crippen LogP) is -0.736. The zero-order chi connectivity index (χ0) is 26.6. The largest absolute Gasteiger partial charge is 0.480 e. The summed E-state index contributed by atoms with van der Waals surface area (Å²) in [5, 5.41) is 17.3. The Hall–Kier alpha value is -2.89. The van der Waals surface area contributed by atoms with E-state index in [1.54, 1.807) is 27.7 Å². The van der Waals surface area contributed by atoms with E-state index in [4.69, 9.17) is 17.2 Å². The SMILES string of the molecule is CC(C)CC(NC(=O)C(NC(=O)C(N)C(C)C)C(C)C)C(=O)NC(CCCN=C(N)N)C(=O)O. The van der Waals surface area contributed by atoms with Crippen molar-refractivity contribution in [3.05, 3.63) is 0 Å². The summed E-state index contributed by atoms with van der Waals surface area (Å²) >= 11 is 0. The molecule has 0 aliphatic carbocycles. The first-order valence-corrected chi connectivity index (χ1v) is 11.6. The molecule has 0 saturated carbocycles. The molecule has 4 unspecified atom stereocenters. The van der Waals surface area contributed by atoms with Crippen LogP contribution in [0.3, 0.4) is 0 Å². The monoisotopic (exact) mass is 485 g/mol. The molecular weight excluding hydrogens is 442 g/mol. The maximum Gasteiger partial charge on any atom is 0.326 e. The number of carbonyl (C=O) groups excluding carboxylic acids is 3. The molecule has 3 amide bonds. The highest BCUT2D eigenvalue weighted by Gasteiger charge is 2.32. The van der Waals surface area contributed by atoms with Gasteiger partial charge in [-0.25, -0.2) is 4.79 Å². The second kappa shape index (κ2) is 15.1. The average Bonchev–Trinajstić information content (AvgIpc) is 2.71. The molecule has 0 saturated heterocycles. The quantitative estimate of drug-likeness (QED) is 0.0888. The number of carboxylic acids is 1. The lowest BCUT2D eigenvalue weighted by molar-refractivity contribution is -0.142. The van der Waals surface area contributed by atoms with Gasteiger partial charge in [-0.1, -0.05) is 41.5 Å². The van der Waals surface area contributed by atoms with Crippen LogP contribution in [0.5, 0.6) is 0 Å². The van der Waals surface area contributed by atoms with Crippen LogP contribution in [-0.2, 0) is 19.2 Å². The Balaban J connectivity index is 5.40. The van der Waals surface area contributed by atoms with Crippen molar-refractivity contribution < 1.29 is 24.3 Å². The van der Waals surface area contributed by atoms with Crippen LogP contribution in [0, 0.1) is 17.8 Å². The van der Waals surface area contributed by atoms with Crippen molar-refractivity contribution in [1.82, 2.24) is 16.0 Å². The van der Waals surface area contributed by atoms with Crippen molar-refractivity contribution in [2.75, 3.05) is 6.54 Å². The Bertz CT molecular complexity index is 720. The predicted molar refractivity (Wildman–Crippen MR) is 130 cm³/mol. The molecule has 0 aromatic heterocycles. The normalized spacial score (nSPS) is 14.8. The Morgan fingerprint density at radius 1 is 0.824 bits per heavy atom. The van der Waals surface area contributed by atoms with E-state index in [1.807, 2.05) is 13.8 Å². The summed E-state index contributed by atoms with van der Waals surface area (Å²) in [5.41, 5.74) is 16.4. The van der Waals surface area contributed by atoms with Crippen LogP contribution < -0.4 is 33.2 Å². The van der Waals surface area contributed by atoms with E-state index in [2.05, 4.69) is 20.9 Å². The smallest absolute Gasteiger partial charge is 0.326 e. The number of nitrogens with zero attached hydrogens (tertiary/aromatic N) is 1. The molecule has 0 aromatic carbocycles. The highest BCUT2D eigenvalue weighted by molar-refractivity contribution is 5.94. The van der Waals surface area contributed by atoms with Crippen LogP contribution in [0.1, 0.15) is 60.8 Å². The molecule has 0 bridgehead atoms. The van der Waals surface area contributed by atoms with Crippen LogP contribution in [0.25, 0.3) is 0 Å². The summed E-state index contributed by atoms with van der Waals surface area (Å²) in [6, 6.07) is -3.84. The van der Waals surface area contributed by atoms with E-state index < -0.39 is 47.9 Å². The van der Waals surface area contributed by atoms with E-state index in [0.29, 0.717) is 6.42 Å². The second-order valence-electron chi connectivity index (χ2n) is 9.54. The molecule has 196 valence electrons. The van der Waals surface area contributed by atoms with Crippen LogP contribution in [-0.4, -0.2) is 65.5 Å². The van der Waals surface area contributed by atoms with Gasteiger partial charge in [-0.3, -0.25) is 19.4 Å². The number of guanidine groups is 1. The molecule has 10 N–H and O–H groups in total. The first-order chi connectivity index (χ1) is 15.7. The molecule has 12 heteroatoms. The summed E-state index contributed by atoms with van der Waals surface area (Å²) in [6.45, 7) is 11.1. The standard InChI is InChI=1S/C22H43N7O5/c1-11(2)10-15(18(30)27-14(21(33)34)8-7-9-26-22(24)25)28-20(32)17(13(5)6)29-19(31)16(23)12(3)4/h11-17H,7-10,23H2,1-6H3,(H,27,30)(H,28,32)(H,29,31)(H,33,34)(H4,24,25,26). The summed E-state index contributed by atoms with van der Waals surface area (Å²) in [7, 11) is 0. The third-order valence-corrected chi connectivity index (χ3v) is 5.17. The van der Waals surface area contributed by atoms with Gasteiger partial charge in [0, 0.05) is 6.54 Å². The number of hydrogen-bond acceptors (Lipinski definition) is 6. The average molecular weight is 486 g/mol. The summed E-state index contributed by atoms with van der Waals surface area (Å²) in [4.78, 5) is 53.7. The molecule has 0 aromatic rings. The highest BCUT2D eigenvalue weighted by Crippen LogP contribution is 2.10. The van der Waals surface area contributed by atoms with Gasteiger partial charge in [0.15, 0.2) is 5.96 Å². The van der Waals surface area contributed by atoms with Gasteiger partial charge < -0.3 is 38.3 Å². The minimum absolute atomic E-state index is 0.0302. The first kappa shape index (κ1) is 31.1. The van der Waals surface area contributed by atoms with Crippen molar-refractivity contribution in [3.8, 4) is 0 Å². The van der Waals surface area contributed by atoms with E-state index in [1.165, 1.54) is 0 Å². The van der Waals surface area contributed by atoms with E-state index in [-0.39, 0.29) is 43.1 Å². The van der Waals surface area contributed by atoms with Crippen LogP contribution >= 0.6 is 0 Å². The Labute approximate surface area is 201 Å². The van der Waals surface area contributed by atoms with Gasteiger partial charge in [-0.15, -0.1) is 0 Å². The van der Waals surface area contributed by atoms with Gasteiger partial charge in [-0.05, 0) is 37.0 Å². The maximum absolute atomic E-state index is 13.0. The van der Waals surface area contributed by atoms with E-state index in [0.717, 1.165) is 0 Å². The molecule has 34 heavy (non-hydrogen) atoms. The van der Waals surface area contributed by atoms with Gasteiger partial charge in [0.25, 0.3) is 0 Å². The van der Waals surface area contributed by atoms with Gasteiger partial charge in [0.2, 0.25) is 17.7 Å². The Morgan fingerprint density at radius 3 is 1.82 bits per heavy atom. The summed E-state index contributed by atoms with van der Waals surface area (Å²) in [5.74, 6) is -3.28. The highest BCUT2D eigenvalue weighted by atomic mass is 16.4. The minimum atomic E-state index is -1.21. The molecular formula is C22H43N7O5. The van der Waals surface area contributed by atoms with Gasteiger partial charge in [0.1, 0.15) is 18.1 Å². The number of aliphatic carboxylic acids is 1. The number of amides is 3. The molecule has 0 rings (SSSR count). The number of aliphatic imine (C=N–C) groups is 1. The van der Waals surface area contributed by atoms with Crippen molar-refractivity contribution in [2.24, 2.45) is 39.9 Å². The number of nitrogens with two attached hydrogens (primary N) is 3. The molecule has 0 heterocycles. The van der Waals surface area contributed by atoms with E-state index >= 15 is 0 Å². The zero-order valence-electron chi connectivity index (χ0n) is 21.1. The first-order valence-electron chi connectivity index (χ1n) is 11.6. The molecule has 0 fully saturated rings. The number of rotatable bonds is 15. The fourth-order valence-corrected chi connectivity index (χ4v) is 3.08.